The summed E-state index contributed by atoms with van der Waals surface area (Å²) in [6.45, 7) is 82.5. The third-order valence-corrected chi connectivity index (χ3v) is 12.4. The van der Waals surface area contributed by atoms with Gasteiger partial charge in [0.05, 0.1) is 0 Å². The first-order valence-electron chi connectivity index (χ1n) is 16.3. The second-order valence-electron chi connectivity index (χ2n) is 12.9. The van der Waals surface area contributed by atoms with Crippen LogP contribution in [0.5, 0.6) is 0 Å². The molecule has 3 rings (SSSR count). The van der Waals surface area contributed by atoms with E-state index in [2.05, 4.69) is 184 Å². The average Bonchev–Trinajstić information content (AvgIpc) is 3.65. The first kappa shape index (κ1) is 118. The van der Waals surface area contributed by atoms with E-state index in [9.17, 15) is 0 Å². The number of carbonyl (C=O) groups excluding carboxylic acids is 6. The largest absolute Gasteiger partial charge is 4.00 e. The van der Waals surface area contributed by atoms with Crippen molar-refractivity contribution in [1.29, 1.82) is 0 Å². The Hall–Kier alpha value is -0.878. The quantitative estimate of drug-likeness (QED) is 0.128. The Labute approximate surface area is 425 Å². The average molecular weight is 1090 g/mol. The molecule has 0 aromatic carbocycles. The summed E-state index contributed by atoms with van der Waals surface area (Å²) in [5.41, 5.74) is 0. The van der Waals surface area contributed by atoms with Gasteiger partial charge in [-0.15, -0.1) is 0 Å². The molecule has 0 aliphatic heterocycles. The summed E-state index contributed by atoms with van der Waals surface area (Å²) >= 11 is 0. The SMILES string of the molecule is CC1C(C)C(C)C(C)C1C.CC1C(C)C(C)C(C)C1C.CC1C(C)C(C)C(C)C1C.[C-]#[O+].[C-]#[O+].[C-]#[O+].[C-]#[O+].[C-]#[O+].[C-]#[O+].[CH-]=O.[CH-]=O.[CH-]=O.[CH-]=O.[CH-]=O.[CH-]=O.[CH3-].[CH3-].[H-].[Li+].[Mo+4].[Mo+4].[Mo]. The molecule has 0 spiro atoms. The van der Waals surface area contributed by atoms with Gasteiger partial charge in [0.2, 0.25) is 0 Å². The Morgan fingerprint density at radius 2 is 0.267 bits per heavy atom. The maximum atomic E-state index is 7.75. The zero-order valence-corrected chi connectivity index (χ0v) is 45.3. The summed E-state index contributed by atoms with van der Waals surface area (Å²) in [5, 5.41) is 0. The molecule has 3 saturated carbocycles. The molecular formula is C44H73LiMo3O12. The van der Waals surface area contributed by atoms with Gasteiger partial charge in [-0.25, -0.2) is 0 Å². The summed E-state index contributed by atoms with van der Waals surface area (Å²) in [6.07, 6.45) is 0. The van der Waals surface area contributed by atoms with E-state index in [1.54, 1.807) is 0 Å². The van der Waals surface area contributed by atoms with Crippen molar-refractivity contribution >= 4 is 40.7 Å². The molecule has 3 aliphatic rings. The molecule has 0 radical (unpaired) electrons. The van der Waals surface area contributed by atoms with Crippen LogP contribution in [0, 0.1) is 144 Å². The van der Waals surface area contributed by atoms with Gasteiger partial charge in [0, 0.05) is 21.1 Å². The van der Waals surface area contributed by atoms with Gasteiger partial charge in [-0.05, 0) is 88.8 Å². The molecule has 60 heavy (non-hydrogen) atoms. The molecular weight excluding hydrogens is 1020 g/mol. The van der Waals surface area contributed by atoms with Crippen molar-refractivity contribution < 1.29 is 140 Å². The summed E-state index contributed by atoms with van der Waals surface area (Å²) in [5.74, 6) is 14.0. The third-order valence-electron chi connectivity index (χ3n) is 12.4. The van der Waals surface area contributed by atoms with Crippen LogP contribution < -0.4 is 18.9 Å². The fourth-order valence-corrected chi connectivity index (χ4v) is 7.18. The molecule has 0 unspecified atom stereocenters. The van der Waals surface area contributed by atoms with E-state index >= 15 is 0 Å². The predicted octanol–water partition coefficient (Wildman–Crippen LogP) is 5.68. The van der Waals surface area contributed by atoms with Gasteiger partial charge >= 0.3 is 129 Å². The van der Waals surface area contributed by atoms with Crippen LogP contribution in [-0.2, 0) is 120 Å². The fraction of sp³-hybridized carbons (Fsp3) is 0.682. The third kappa shape index (κ3) is 51.5. The molecule has 3 aliphatic carbocycles. The molecule has 0 amide bonds. The molecule has 0 aromatic heterocycles. The van der Waals surface area contributed by atoms with Gasteiger partial charge < -0.3 is 45.0 Å². The Balaban J connectivity index is -0.0000000196. The van der Waals surface area contributed by atoms with E-state index in [1.165, 1.54) is 0 Å². The van der Waals surface area contributed by atoms with Gasteiger partial charge in [-0.3, -0.25) is 40.7 Å². The maximum absolute atomic E-state index is 7.75. The molecule has 0 atom stereocenters. The standard InChI is InChI=1S/3C10H20.6CHO.6CO.2CH3.Li.3Mo.H/c3*1-6-7(2)9(4)10(5)8(6)3;12*1-2;;;;;;;/h3*6-10H,1-5H3;6*1H;;;;;;;2*1H3;;;;;/q;;;6*-1;;;;;;;2*-1;+1;;2*+4;-1. The van der Waals surface area contributed by atoms with E-state index in [1.807, 2.05) is 0 Å². The maximum Gasteiger partial charge on any atom is 4.00 e. The van der Waals surface area contributed by atoms with Crippen molar-refractivity contribution in [2.75, 3.05) is 0 Å². The van der Waals surface area contributed by atoms with E-state index in [-0.39, 0.29) is 98.3 Å². The minimum absolute atomic E-state index is 0. The van der Waals surface area contributed by atoms with Crippen molar-refractivity contribution in [3.63, 3.8) is 0 Å². The summed E-state index contributed by atoms with van der Waals surface area (Å²) < 4.78 is 45.0. The molecule has 0 saturated heterocycles. The van der Waals surface area contributed by atoms with Gasteiger partial charge in [0.1, 0.15) is 0 Å². The zero-order valence-electron chi connectivity index (χ0n) is 40.2. The first-order chi connectivity index (χ1) is 25.7. The van der Waals surface area contributed by atoms with E-state index in [0.29, 0.717) is 0 Å². The summed E-state index contributed by atoms with van der Waals surface area (Å²) in [7, 11) is 0. The summed E-state index contributed by atoms with van der Waals surface area (Å²) in [4.78, 5) is 46.5. The first-order valence-corrected chi connectivity index (χ1v) is 16.3. The minimum Gasteiger partial charge on any atom is -1.00 e. The Morgan fingerprint density at radius 3 is 0.283 bits per heavy atom. The number of rotatable bonds is 0. The van der Waals surface area contributed by atoms with Gasteiger partial charge in [-0.2, -0.15) is 0 Å². The molecule has 16 heteroatoms. The van der Waals surface area contributed by atoms with Crippen LogP contribution in [0.3, 0.4) is 0 Å². The van der Waals surface area contributed by atoms with E-state index in [0.717, 1.165) is 88.8 Å². The van der Waals surface area contributed by atoms with Gasteiger partial charge in [-0.1, -0.05) is 104 Å². The molecule has 3 fully saturated rings. The van der Waals surface area contributed by atoms with Crippen molar-refractivity contribution in [3.05, 3.63) is 54.8 Å². The van der Waals surface area contributed by atoms with Gasteiger partial charge in [0.15, 0.2) is 0 Å². The summed E-state index contributed by atoms with van der Waals surface area (Å²) in [6, 6.07) is 0. The van der Waals surface area contributed by atoms with Crippen LogP contribution in [0.1, 0.15) is 105 Å². The van der Waals surface area contributed by atoms with Crippen molar-refractivity contribution in [1.82, 2.24) is 0 Å². The fourth-order valence-electron chi connectivity index (χ4n) is 7.18. The second-order valence-corrected chi connectivity index (χ2v) is 12.9. The molecule has 0 N–H and O–H groups in total. The van der Waals surface area contributed by atoms with E-state index in [4.69, 9.17) is 56.7 Å². The molecule has 0 bridgehead atoms. The van der Waals surface area contributed by atoms with Crippen molar-refractivity contribution in [2.45, 2.75) is 104 Å². The zero-order chi connectivity index (χ0) is 47.7. The second kappa shape index (κ2) is 97.4. The van der Waals surface area contributed by atoms with Crippen LogP contribution in [0.2, 0.25) is 0 Å². The Bertz CT molecular complexity index is 620. The monoisotopic (exact) mass is 1090 g/mol. The van der Waals surface area contributed by atoms with Crippen LogP contribution in [0.4, 0.5) is 0 Å². The normalized spacial score (nSPS) is 28.4. The Morgan fingerprint density at radius 1 is 0.250 bits per heavy atom. The van der Waals surface area contributed by atoms with Gasteiger partial charge in [0.25, 0.3) is 0 Å². The van der Waals surface area contributed by atoms with Crippen molar-refractivity contribution in [2.24, 2.45) is 88.8 Å². The van der Waals surface area contributed by atoms with E-state index < -0.39 is 0 Å². The van der Waals surface area contributed by atoms with Crippen molar-refractivity contribution in [3.8, 4) is 0 Å². The predicted molar refractivity (Wildman–Crippen MR) is 215 cm³/mol. The molecule has 0 heterocycles. The van der Waals surface area contributed by atoms with Crippen LogP contribution in [-0.4, -0.2) is 40.7 Å². The minimum atomic E-state index is 0. The van der Waals surface area contributed by atoms with Crippen LogP contribution in [0.15, 0.2) is 0 Å². The topological polar surface area (TPSA) is 222 Å². The molecule has 12 nitrogen and oxygen atoms in total. The van der Waals surface area contributed by atoms with Crippen LogP contribution >= 0.6 is 0 Å². The molecule has 340 valence electrons. The molecule has 0 aromatic rings. The number of hydrogen-bond acceptors (Lipinski definition) is 6. The Kier molecular flexibility index (Phi) is 192. The number of hydrogen-bond donors (Lipinski definition) is 0. The smallest absolute Gasteiger partial charge is 1.00 e. The van der Waals surface area contributed by atoms with Crippen LogP contribution in [0.25, 0.3) is 0 Å².